The number of pyridine rings is 2. The van der Waals surface area contributed by atoms with E-state index >= 15 is 0 Å². The first-order chi connectivity index (χ1) is 12.1. The molecule has 0 aliphatic heterocycles. The number of carboxylic acid groups (broad SMARTS) is 1. The summed E-state index contributed by atoms with van der Waals surface area (Å²) < 4.78 is 0. The van der Waals surface area contributed by atoms with Crippen molar-refractivity contribution >= 4 is 38.5 Å². The Morgan fingerprint density at radius 1 is 0.885 bits per heavy atom. The van der Waals surface area contributed by atoms with Crippen LogP contribution in [0.3, 0.4) is 0 Å². The molecule has 0 amide bonds. The van der Waals surface area contributed by atoms with Crippen molar-refractivity contribution in [3.63, 3.8) is 0 Å². The summed E-state index contributed by atoms with van der Waals surface area (Å²) in [7, 11) is 3.43. The van der Waals surface area contributed by atoms with Crippen molar-refractivity contribution in [1.82, 2.24) is 14.9 Å². The predicted octanol–water partition coefficient (Wildman–Crippen LogP) is 3.57. The summed E-state index contributed by atoms with van der Waals surface area (Å²) in [6.45, 7) is 0.111. The number of benzene rings is 2. The summed E-state index contributed by atoms with van der Waals surface area (Å²) in [4.78, 5) is 20.4. The minimum Gasteiger partial charge on any atom is -0.480 e. The third-order valence-corrected chi connectivity index (χ3v) is 3.78. The maximum Gasteiger partial charge on any atom is 0.317 e. The van der Waals surface area contributed by atoms with Gasteiger partial charge in [-0.3, -0.25) is 19.7 Å². The van der Waals surface area contributed by atoms with Crippen molar-refractivity contribution in [2.24, 2.45) is 0 Å². The van der Waals surface area contributed by atoms with Crippen LogP contribution in [0.25, 0.3) is 32.6 Å². The van der Waals surface area contributed by atoms with Crippen LogP contribution in [-0.2, 0) is 25.9 Å². The summed E-state index contributed by atoms with van der Waals surface area (Å²) in [5.41, 5.74) is 2.05. The molecule has 0 fully saturated rings. The number of aliphatic carboxylic acids is 1. The van der Waals surface area contributed by atoms with Gasteiger partial charge < -0.3 is 5.11 Å². The summed E-state index contributed by atoms with van der Waals surface area (Å²) in [6.07, 6.45) is 3.67. The second kappa shape index (κ2) is 8.83. The topological polar surface area (TPSA) is 66.3 Å². The quantitative estimate of drug-likeness (QED) is 0.403. The Morgan fingerprint density at radius 3 is 1.73 bits per heavy atom. The van der Waals surface area contributed by atoms with E-state index in [-0.39, 0.29) is 27.6 Å². The van der Waals surface area contributed by atoms with E-state index in [9.17, 15) is 4.79 Å². The minimum absolute atomic E-state index is 0. The Balaban J connectivity index is 0.000000265. The van der Waals surface area contributed by atoms with E-state index < -0.39 is 5.97 Å². The zero-order valence-corrected chi connectivity index (χ0v) is 16.8. The minimum atomic E-state index is -0.787. The molecule has 0 aliphatic rings. The largest absolute Gasteiger partial charge is 0.480 e. The van der Waals surface area contributed by atoms with Crippen molar-refractivity contribution in [2.75, 3.05) is 20.6 Å². The molecule has 5 nitrogen and oxygen atoms in total. The van der Waals surface area contributed by atoms with Gasteiger partial charge in [0.25, 0.3) is 0 Å². The first-order valence-corrected chi connectivity index (χ1v) is 7.94. The van der Waals surface area contributed by atoms with Gasteiger partial charge in [0.15, 0.2) is 0 Å². The number of rotatable bonds is 2. The number of carbonyl (C=O) groups is 1. The zero-order chi connectivity index (χ0) is 17.8. The number of carboxylic acids is 1. The molecule has 0 unspecified atom stereocenters. The van der Waals surface area contributed by atoms with Crippen LogP contribution in [0.1, 0.15) is 0 Å². The Morgan fingerprint density at radius 2 is 1.35 bits per heavy atom. The van der Waals surface area contributed by atoms with Gasteiger partial charge in [-0.15, -0.1) is 0 Å². The van der Waals surface area contributed by atoms with Gasteiger partial charge in [0, 0.05) is 49.6 Å². The number of likely N-dealkylation sites (N-methyl/N-ethyl adjacent to an activating group) is 1. The molecular weight excluding hydrogens is 509 g/mol. The van der Waals surface area contributed by atoms with E-state index in [2.05, 4.69) is 46.4 Å². The Labute approximate surface area is 165 Å². The van der Waals surface area contributed by atoms with Crippen LogP contribution in [0.15, 0.2) is 60.9 Å². The SMILES string of the molecule is CN(C)CC(=O)O.[Pt].c1cnc2c(c1)ccc1ccc3cccnc3c12. The van der Waals surface area contributed by atoms with Gasteiger partial charge in [-0.2, -0.15) is 0 Å². The molecule has 0 atom stereocenters. The van der Waals surface area contributed by atoms with E-state index in [1.54, 1.807) is 19.0 Å². The molecule has 4 aromatic rings. The van der Waals surface area contributed by atoms with Gasteiger partial charge in [-0.1, -0.05) is 36.4 Å². The molecule has 0 aliphatic carbocycles. The van der Waals surface area contributed by atoms with Crippen molar-refractivity contribution in [1.29, 1.82) is 0 Å². The summed E-state index contributed by atoms with van der Waals surface area (Å²) in [5.74, 6) is -0.787. The molecule has 4 rings (SSSR count). The fourth-order valence-electron chi connectivity index (χ4n) is 2.76. The Bertz CT molecular complexity index is 980. The van der Waals surface area contributed by atoms with Crippen LogP contribution in [0.2, 0.25) is 0 Å². The van der Waals surface area contributed by atoms with Crippen molar-refractivity contribution in [3.05, 3.63) is 60.9 Å². The van der Waals surface area contributed by atoms with Crippen LogP contribution in [-0.4, -0.2) is 46.6 Å². The van der Waals surface area contributed by atoms with E-state index in [1.807, 2.05) is 24.5 Å². The first-order valence-electron chi connectivity index (χ1n) is 7.94. The van der Waals surface area contributed by atoms with Crippen molar-refractivity contribution in [2.45, 2.75) is 0 Å². The van der Waals surface area contributed by atoms with Gasteiger partial charge in [-0.25, -0.2) is 0 Å². The molecule has 136 valence electrons. The molecule has 1 N–H and O–H groups in total. The van der Waals surface area contributed by atoms with Crippen molar-refractivity contribution in [3.8, 4) is 0 Å². The van der Waals surface area contributed by atoms with Crippen LogP contribution in [0, 0.1) is 0 Å². The molecule has 2 aromatic carbocycles. The fraction of sp³-hybridized carbons (Fsp3) is 0.150. The van der Waals surface area contributed by atoms with Crippen LogP contribution in [0.5, 0.6) is 0 Å². The van der Waals surface area contributed by atoms with E-state index in [1.165, 1.54) is 5.39 Å². The monoisotopic (exact) mass is 528 g/mol. The van der Waals surface area contributed by atoms with Gasteiger partial charge in [-0.05, 0) is 31.6 Å². The van der Waals surface area contributed by atoms with Crippen LogP contribution in [0.4, 0.5) is 0 Å². The smallest absolute Gasteiger partial charge is 0.317 e. The maximum absolute atomic E-state index is 9.77. The third-order valence-electron chi connectivity index (χ3n) is 3.78. The number of nitrogens with zero attached hydrogens (tertiary/aromatic N) is 3. The predicted molar refractivity (Wildman–Crippen MR) is 101 cm³/mol. The molecule has 0 bridgehead atoms. The Kier molecular flexibility index (Phi) is 6.78. The number of hydrogen-bond donors (Lipinski definition) is 1. The van der Waals surface area contributed by atoms with Gasteiger partial charge in [0.1, 0.15) is 0 Å². The van der Waals surface area contributed by atoms with Crippen LogP contribution < -0.4 is 0 Å². The maximum atomic E-state index is 9.77. The molecule has 2 aromatic heterocycles. The van der Waals surface area contributed by atoms with Gasteiger partial charge in [0.2, 0.25) is 0 Å². The van der Waals surface area contributed by atoms with Crippen LogP contribution >= 0.6 is 0 Å². The van der Waals surface area contributed by atoms with E-state index in [0.717, 1.165) is 27.2 Å². The van der Waals surface area contributed by atoms with Gasteiger partial charge in [0.05, 0.1) is 17.6 Å². The molecular formula is C20H19N3O2Pt. The normalized spacial score (nSPS) is 10.4. The third kappa shape index (κ3) is 4.42. The van der Waals surface area contributed by atoms with Gasteiger partial charge >= 0.3 is 5.97 Å². The molecule has 0 spiro atoms. The first kappa shape index (κ1) is 20.0. The molecule has 0 saturated heterocycles. The zero-order valence-electron chi connectivity index (χ0n) is 14.5. The molecule has 26 heavy (non-hydrogen) atoms. The van der Waals surface area contributed by atoms with E-state index in [4.69, 9.17) is 5.11 Å². The second-order valence-electron chi connectivity index (χ2n) is 6.01. The van der Waals surface area contributed by atoms with Crippen molar-refractivity contribution < 1.29 is 31.0 Å². The van der Waals surface area contributed by atoms with E-state index in [0.29, 0.717) is 0 Å². The average Bonchev–Trinajstić information content (AvgIpc) is 2.60. The molecule has 2 heterocycles. The molecule has 0 saturated carbocycles. The second-order valence-corrected chi connectivity index (χ2v) is 6.01. The number of aromatic nitrogens is 2. The summed E-state index contributed by atoms with van der Waals surface area (Å²) in [6, 6.07) is 16.6. The Hall–Kier alpha value is -2.36. The standard InChI is InChI=1S/C16H10N2.C4H9NO2.Pt/c1-3-12-7-5-11-6-8-13-4-2-10-18-16(13)14(11)15(12)17-9-1;1-5(2)3-4(6)7;/h1-10H;3H2,1-2H3,(H,6,7);. The summed E-state index contributed by atoms with van der Waals surface area (Å²) in [5, 5.41) is 12.7. The number of hydrogen-bond acceptors (Lipinski definition) is 4. The fourth-order valence-corrected chi connectivity index (χ4v) is 2.76. The average molecular weight is 528 g/mol. The summed E-state index contributed by atoms with van der Waals surface area (Å²) >= 11 is 0. The number of fused-ring (bicyclic) bond motifs is 5. The molecule has 6 heteroatoms. The molecule has 0 radical (unpaired) electrons.